The fraction of sp³-hybridized carbons (Fsp3) is 0.554. The Morgan fingerprint density at radius 1 is 0.528 bits per heavy atom. The fourth-order valence-electron chi connectivity index (χ4n) is 9.31. The SMILES string of the molecule is CCCCCCCCO[C@@H]1O[C@H](COCc2ccccc2)[C@@H](O[C@@H]2O[C@H](CO)[C@H](O)[C@H](O)[C@H]2O)[C@H](O[C@@H]2O[C@@H](C)[C@@H](OCc3ccccc3)[C@@H](OCc3ccccc3)[C@@H]2OCc2ccccc2)[C@H]1NC(C)=O. The van der Waals surface area contributed by atoms with E-state index in [1.807, 2.05) is 128 Å². The van der Waals surface area contributed by atoms with Crippen molar-refractivity contribution in [2.45, 2.75) is 178 Å². The number of rotatable bonds is 27. The zero-order chi connectivity index (χ0) is 50.7. The van der Waals surface area contributed by atoms with Crippen LogP contribution in [0.3, 0.4) is 0 Å². The van der Waals surface area contributed by atoms with Gasteiger partial charge in [-0.05, 0) is 35.6 Å². The third kappa shape index (κ3) is 15.9. The summed E-state index contributed by atoms with van der Waals surface area (Å²) in [6.07, 6.45) is -11.1. The van der Waals surface area contributed by atoms with Crippen molar-refractivity contribution in [3.63, 3.8) is 0 Å². The maximum absolute atomic E-state index is 13.4. The van der Waals surface area contributed by atoms with Gasteiger partial charge in [-0.2, -0.15) is 0 Å². The minimum Gasteiger partial charge on any atom is -0.394 e. The Morgan fingerprint density at radius 2 is 1.03 bits per heavy atom. The van der Waals surface area contributed by atoms with Crippen LogP contribution in [-0.2, 0) is 78.6 Å². The molecule has 394 valence electrons. The van der Waals surface area contributed by atoms with Crippen LogP contribution >= 0.6 is 0 Å². The van der Waals surface area contributed by atoms with Gasteiger partial charge in [0.05, 0.1) is 45.7 Å². The molecule has 0 aliphatic carbocycles. The molecular formula is C56H75NO15. The van der Waals surface area contributed by atoms with Crippen LogP contribution in [0.15, 0.2) is 121 Å². The van der Waals surface area contributed by atoms with Crippen LogP contribution in [0.2, 0.25) is 0 Å². The summed E-state index contributed by atoms with van der Waals surface area (Å²) in [5.41, 5.74) is 3.65. The van der Waals surface area contributed by atoms with E-state index in [4.69, 9.17) is 47.4 Å². The van der Waals surface area contributed by atoms with Gasteiger partial charge in [-0.3, -0.25) is 4.79 Å². The standard InChI is InChI=1S/C56H75NO15/c1-4-5-6-7-8-21-30-64-54-45(57-38(3)59)51(50(44(70-54)36-63-32-39-22-13-9-14-23-39)71-55-48(62)47(61)46(60)43(31-58)69-55)72-56-53(67-35-42-28-19-12-20-29-42)52(66-34-41-26-17-11-18-27-41)49(37(2)68-56)65-33-40-24-15-10-16-25-40/h9-20,22-29,37,43-56,58,60-62H,4-8,21,30-36H2,1-3H3,(H,57,59)/t37-,43+,44+,45+,46-,47-,48+,49+,50+,51+,52+,53-,54+,55-,56-/m0/s1. The number of ether oxygens (including phenoxy) is 10. The molecule has 3 aliphatic rings. The van der Waals surface area contributed by atoms with Crippen molar-refractivity contribution >= 4 is 5.91 Å². The molecule has 0 bridgehead atoms. The first-order chi connectivity index (χ1) is 35.1. The zero-order valence-electron chi connectivity index (χ0n) is 41.7. The topological polar surface area (TPSA) is 202 Å². The average Bonchev–Trinajstić information content (AvgIpc) is 3.40. The third-order valence-electron chi connectivity index (χ3n) is 13.2. The number of hydrogen-bond donors (Lipinski definition) is 5. The van der Waals surface area contributed by atoms with Crippen molar-refractivity contribution in [3.05, 3.63) is 144 Å². The van der Waals surface area contributed by atoms with Crippen LogP contribution in [0, 0.1) is 0 Å². The van der Waals surface area contributed by atoms with Gasteiger partial charge in [0.25, 0.3) is 0 Å². The van der Waals surface area contributed by atoms with Crippen LogP contribution in [0.1, 0.15) is 81.5 Å². The summed E-state index contributed by atoms with van der Waals surface area (Å²) in [5, 5.41) is 46.4. The summed E-state index contributed by atoms with van der Waals surface area (Å²) >= 11 is 0. The van der Waals surface area contributed by atoms with Gasteiger partial charge in [0, 0.05) is 13.5 Å². The second kappa shape index (κ2) is 29.0. The smallest absolute Gasteiger partial charge is 0.217 e. The fourth-order valence-corrected chi connectivity index (χ4v) is 9.31. The van der Waals surface area contributed by atoms with Crippen molar-refractivity contribution in [2.24, 2.45) is 0 Å². The Kier molecular flexibility index (Phi) is 22.4. The summed E-state index contributed by atoms with van der Waals surface area (Å²) in [7, 11) is 0. The largest absolute Gasteiger partial charge is 0.394 e. The molecule has 3 heterocycles. The van der Waals surface area contributed by atoms with Crippen molar-refractivity contribution < 1.29 is 72.6 Å². The number of hydrogen-bond acceptors (Lipinski definition) is 15. The van der Waals surface area contributed by atoms with Crippen LogP contribution in [0.5, 0.6) is 0 Å². The lowest BCUT2D eigenvalue weighted by molar-refractivity contribution is -0.379. The summed E-state index contributed by atoms with van der Waals surface area (Å²) in [6, 6.07) is 37.8. The van der Waals surface area contributed by atoms with Gasteiger partial charge < -0.3 is 73.1 Å². The number of aliphatic hydroxyl groups is 4. The summed E-state index contributed by atoms with van der Waals surface area (Å²) in [5.74, 6) is -0.427. The normalized spacial score (nSPS) is 30.7. The van der Waals surface area contributed by atoms with E-state index < -0.39 is 105 Å². The van der Waals surface area contributed by atoms with Crippen molar-refractivity contribution in [1.29, 1.82) is 0 Å². The molecule has 3 saturated heterocycles. The molecule has 3 fully saturated rings. The molecule has 15 atom stereocenters. The molecule has 7 rings (SSSR count). The predicted octanol–water partition coefficient (Wildman–Crippen LogP) is 5.88. The van der Waals surface area contributed by atoms with E-state index in [1.165, 1.54) is 6.92 Å². The number of aliphatic hydroxyl groups excluding tert-OH is 4. The van der Waals surface area contributed by atoms with Crippen LogP contribution in [0.4, 0.5) is 0 Å². The summed E-state index contributed by atoms with van der Waals surface area (Å²) < 4.78 is 67.0. The first-order valence-corrected chi connectivity index (χ1v) is 25.5. The van der Waals surface area contributed by atoms with Gasteiger partial charge in [0.15, 0.2) is 18.9 Å². The van der Waals surface area contributed by atoms with Crippen LogP contribution in [0.25, 0.3) is 0 Å². The van der Waals surface area contributed by atoms with Gasteiger partial charge >= 0.3 is 0 Å². The molecule has 3 aliphatic heterocycles. The van der Waals surface area contributed by atoms with Crippen molar-refractivity contribution in [2.75, 3.05) is 19.8 Å². The molecular weight excluding hydrogens is 927 g/mol. The number of unbranched alkanes of at least 4 members (excludes halogenated alkanes) is 5. The maximum Gasteiger partial charge on any atom is 0.217 e. The molecule has 16 nitrogen and oxygen atoms in total. The van der Waals surface area contributed by atoms with E-state index in [-0.39, 0.29) is 33.0 Å². The maximum atomic E-state index is 13.4. The number of carbonyl (C=O) groups excluding carboxylic acids is 1. The highest BCUT2D eigenvalue weighted by Gasteiger charge is 2.56. The number of amides is 1. The molecule has 4 aromatic rings. The molecule has 1 amide bonds. The van der Waals surface area contributed by atoms with E-state index in [2.05, 4.69) is 12.2 Å². The molecule has 0 saturated carbocycles. The van der Waals surface area contributed by atoms with Gasteiger partial charge in [-0.15, -0.1) is 0 Å². The molecule has 0 spiro atoms. The molecule has 5 N–H and O–H groups in total. The number of benzene rings is 4. The minimum absolute atomic E-state index is 0.103. The highest BCUT2D eigenvalue weighted by molar-refractivity contribution is 5.73. The second-order valence-corrected chi connectivity index (χ2v) is 18.8. The summed E-state index contributed by atoms with van der Waals surface area (Å²) in [6.45, 7) is 5.71. The molecule has 72 heavy (non-hydrogen) atoms. The van der Waals surface area contributed by atoms with Gasteiger partial charge in [0.1, 0.15) is 67.1 Å². The molecule has 0 unspecified atom stereocenters. The number of carbonyl (C=O) groups is 1. The third-order valence-corrected chi connectivity index (χ3v) is 13.2. The Bertz CT molecular complexity index is 2110. The Hall–Kier alpha value is -4.21. The average molecular weight is 1000 g/mol. The van der Waals surface area contributed by atoms with Gasteiger partial charge in [-0.1, -0.05) is 160 Å². The lowest BCUT2D eigenvalue weighted by Gasteiger charge is -2.51. The van der Waals surface area contributed by atoms with E-state index in [0.717, 1.165) is 60.8 Å². The predicted molar refractivity (Wildman–Crippen MR) is 265 cm³/mol. The van der Waals surface area contributed by atoms with Crippen LogP contribution in [-0.4, -0.2) is 138 Å². The van der Waals surface area contributed by atoms with E-state index in [9.17, 15) is 25.2 Å². The Balaban J connectivity index is 1.28. The first kappa shape index (κ1) is 55.5. The Labute approximate surface area is 423 Å². The first-order valence-electron chi connectivity index (χ1n) is 25.5. The molecule has 4 aromatic carbocycles. The lowest BCUT2D eigenvalue weighted by Crippen LogP contribution is -2.70. The Morgan fingerprint density at radius 3 is 1.58 bits per heavy atom. The highest BCUT2D eigenvalue weighted by Crippen LogP contribution is 2.37. The molecule has 0 radical (unpaired) electrons. The monoisotopic (exact) mass is 1000 g/mol. The van der Waals surface area contributed by atoms with Gasteiger partial charge in [0.2, 0.25) is 5.91 Å². The summed E-state index contributed by atoms with van der Waals surface area (Å²) in [4.78, 5) is 13.4. The van der Waals surface area contributed by atoms with Gasteiger partial charge in [-0.25, -0.2) is 0 Å². The zero-order valence-corrected chi connectivity index (χ0v) is 41.7. The quantitative estimate of drug-likeness (QED) is 0.0443. The highest BCUT2D eigenvalue weighted by atomic mass is 16.8. The molecule has 0 aromatic heterocycles. The van der Waals surface area contributed by atoms with Crippen molar-refractivity contribution in [3.8, 4) is 0 Å². The van der Waals surface area contributed by atoms with Crippen LogP contribution < -0.4 is 5.32 Å². The van der Waals surface area contributed by atoms with E-state index >= 15 is 0 Å². The number of nitrogens with one attached hydrogen (secondary N) is 1. The second-order valence-electron chi connectivity index (χ2n) is 18.8. The van der Waals surface area contributed by atoms with Crippen molar-refractivity contribution in [1.82, 2.24) is 5.32 Å². The van der Waals surface area contributed by atoms with E-state index in [0.29, 0.717) is 6.61 Å². The lowest BCUT2D eigenvalue weighted by atomic mass is 9.94. The molecule has 16 heteroatoms. The van der Waals surface area contributed by atoms with E-state index in [1.54, 1.807) is 0 Å². The minimum atomic E-state index is -1.79.